The fraction of sp³-hybridized carbons (Fsp3) is 0.167. The molecule has 1 aromatic carbocycles. The Bertz CT molecular complexity index is 511. The number of benzene rings is 1. The Morgan fingerprint density at radius 3 is 2.65 bits per heavy atom. The van der Waals surface area contributed by atoms with Crippen LogP contribution < -0.4 is 0 Å². The van der Waals surface area contributed by atoms with E-state index >= 15 is 0 Å². The van der Waals surface area contributed by atoms with Crippen molar-refractivity contribution >= 4 is 22.8 Å². The molecule has 17 heavy (non-hydrogen) atoms. The quantitative estimate of drug-likeness (QED) is 0.782. The van der Waals surface area contributed by atoms with Gasteiger partial charge < -0.3 is 10.2 Å². The number of phenols is 1. The van der Waals surface area contributed by atoms with E-state index in [1.165, 1.54) is 25.1 Å². The topological polar surface area (TPSA) is 74.6 Å². The minimum atomic E-state index is -1.19. The third-order valence-corrected chi connectivity index (χ3v) is 2.50. The predicted molar refractivity (Wildman–Crippen MR) is 65.1 cm³/mol. The van der Waals surface area contributed by atoms with Crippen LogP contribution in [0.4, 0.5) is 0 Å². The van der Waals surface area contributed by atoms with Crippen molar-refractivity contribution < 1.29 is 19.8 Å². The molecule has 0 aliphatic carbocycles. The van der Waals surface area contributed by atoms with Gasteiger partial charge in [0.15, 0.2) is 5.12 Å². The van der Waals surface area contributed by atoms with Crippen LogP contribution in [-0.4, -0.2) is 27.1 Å². The van der Waals surface area contributed by atoms with Crippen molar-refractivity contribution in [1.29, 1.82) is 0 Å². The van der Waals surface area contributed by atoms with Crippen molar-refractivity contribution in [2.24, 2.45) is 0 Å². The lowest BCUT2D eigenvalue weighted by molar-refractivity contribution is -0.109. The van der Waals surface area contributed by atoms with Crippen molar-refractivity contribution in [3.63, 3.8) is 0 Å². The van der Waals surface area contributed by atoms with Gasteiger partial charge in [0.1, 0.15) is 11.3 Å². The maximum Gasteiger partial charge on any atom is 0.339 e. The lowest BCUT2D eigenvalue weighted by Gasteiger charge is -1.98. The van der Waals surface area contributed by atoms with Crippen molar-refractivity contribution in [3.05, 3.63) is 29.3 Å². The van der Waals surface area contributed by atoms with Gasteiger partial charge >= 0.3 is 5.97 Å². The molecule has 0 atom stereocenters. The predicted octanol–water partition coefficient (Wildman–Crippen LogP) is 1.72. The molecule has 0 saturated heterocycles. The summed E-state index contributed by atoms with van der Waals surface area (Å²) >= 11 is 1.09. The fourth-order valence-corrected chi connectivity index (χ4v) is 1.41. The number of rotatable bonds is 2. The summed E-state index contributed by atoms with van der Waals surface area (Å²) < 4.78 is 0. The van der Waals surface area contributed by atoms with Gasteiger partial charge in [-0.3, -0.25) is 4.79 Å². The second kappa shape index (κ2) is 5.97. The summed E-state index contributed by atoms with van der Waals surface area (Å²) in [5, 5.41) is 18.1. The van der Waals surface area contributed by atoms with Crippen molar-refractivity contribution in [2.75, 3.05) is 5.75 Å². The molecule has 0 saturated carbocycles. The molecule has 0 aromatic heterocycles. The number of hydrogen-bond acceptors (Lipinski definition) is 4. The number of carbonyl (C=O) groups is 2. The van der Waals surface area contributed by atoms with Crippen LogP contribution in [0.1, 0.15) is 22.8 Å². The maximum atomic E-state index is 10.6. The summed E-state index contributed by atoms with van der Waals surface area (Å²) in [6.07, 6.45) is 0. The van der Waals surface area contributed by atoms with Gasteiger partial charge in [-0.15, -0.1) is 0 Å². The second-order valence-corrected chi connectivity index (χ2v) is 4.27. The summed E-state index contributed by atoms with van der Waals surface area (Å²) in [4.78, 5) is 21.3. The van der Waals surface area contributed by atoms with Gasteiger partial charge in [-0.25, -0.2) is 4.79 Å². The Balaban J connectivity index is 2.77. The number of thioether (sulfide) groups is 1. The average molecular weight is 250 g/mol. The minimum absolute atomic E-state index is 0.0108. The van der Waals surface area contributed by atoms with E-state index in [0.717, 1.165) is 11.8 Å². The number of carbonyl (C=O) groups excluding carboxylic acids is 1. The molecular formula is C12H10O4S. The molecular weight excluding hydrogens is 240 g/mol. The number of aromatic carboxylic acids is 1. The smallest absolute Gasteiger partial charge is 0.339 e. The van der Waals surface area contributed by atoms with Gasteiger partial charge in [0.05, 0.1) is 5.75 Å². The van der Waals surface area contributed by atoms with Crippen molar-refractivity contribution in [2.45, 2.75) is 6.92 Å². The molecule has 1 aromatic rings. The van der Waals surface area contributed by atoms with Gasteiger partial charge in [-0.2, -0.15) is 0 Å². The summed E-state index contributed by atoms with van der Waals surface area (Å²) in [5.74, 6) is 4.34. The number of hydrogen-bond donors (Lipinski definition) is 2. The Labute approximate surface area is 103 Å². The van der Waals surface area contributed by atoms with E-state index in [1.54, 1.807) is 0 Å². The molecule has 0 unspecified atom stereocenters. The van der Waals surface area contributed by atoms with E-state index in [0.29, 0.717) is 11.3 Å². The minimum Gasteiger partial charge on any atom is -0.507 e. The molecule has 0 aliphatic rings. The molecule has 88 valence electrons. The molecule has 0 radical (unpaired) electrons. The highest BCUT2D eigenvalue weighted by molar-refractivity contribution is 8.13. The Hall–Kier alpha value is -1.93. The Kier molecular flexibility index (Phi) is 4.61. The molecule has 2 N–H and O–H groups in total. The third kappa shape index (κ3) is 4.21. The van der Waals surface area contributed by atoms with E-state index in [-0.39, 0.29) is 16.4 Å². The Morgan fingerprint density at radius 2 is 2.12 bits per heavy atom. The van der Waals surface area contributed by atoms with Gasteiger partial charge in [0, 0.05) is 12.5 Å². The van der Waals surface area contributed by atoms with Crippen LogP contribution in [0.3, 0.4) is 0 Å². The van der Waals surface area contributed by atoms with Crippen LogP contribution in [0.25, 0.3) is 0 Å². The molecule has 1 rings (SSSR count). The summed E-state index contributed by atoms with van der Waals surface area (Å²) in [6, 6.07) is 4.09. The third-order valence-electron chi connectivity index (χ3n) is 1.81. The lowest BCUT2D eigenvalue weighted by atomic mass is 10.1. The second-order valence-electron chi connectivity index (χ2n) is 3.12. The van der Waals surface area contributed by atoms with E-state index in [9.17, 15) is 14.7 Å². The molecule has 0 bridgehead atoms. The molecule has 0 fully saturated rings. The molecule has 0 aliphatic heterocycles. The zero-order chi connectivity index (χ0) is 12.8. The normalized spacial score (nSPS) is 9.24. The van der Waals surface area contributed by atoms with Crippen LogP contribution in [-0.2, 0) is 4.79 Å². The van der Waals surface area contributed by atoms with Crippen molar-refractivity contribution in [3.8, 4) is 17.6 Å². The van der Waals surface area contributed by atoms with Crippen LogP contribution in [0.2, 0.25) is 0 Å². The fourth-order valence-electron chi connectivity index (χ4n) is 1.07. The number of carboxylic acid groups (broad SMARTS) is 1. The van der Waals surface area contributed by atoms with E-state index in [4.69, 9.17) is 5.11 Å². The zero-order valence-electron chi connectivity index (χ0n) is 9.06. The van der Waals surface area contributed by atoms with Gasteiger partial charge in [0.25, 0.3) is 0 Å². The standard InChI is InChI=1S/C12H10O4S/c1-8(13)17-6-2-3-9-4-5-10(12(15)16)11(14)7-9/h4-5,7,14H,6H2,1H3,(H,15,16). The van der Waals surface area contributed by atoms with Crippen LogP contribution >= 0.6 is 11.8 Å². The highest BCUT2D eigenvalue weighted by Gasteiger charge is 2.08. The van der Waals surface area contributed by atoms with Crippen LogP contribution in [0.5, 0.6) is 5.75 Å². The van der Waals surface area contributed by atoms with E-state index < -0.39 is 5.97 Å². The van der Waals surface area contributed by atoms with Gasteiger partial charge in [-0.05, 0) is 18.2 Å². The molecule has 0 amide bonds. The molecule has 0 spiro atoms. The first-order chi connectivity index (χ1) is 8.00. The maximum absolute atomic E-state index is 10.6. The SMILES string of the molecule is CC(=O)SCC#Cc1ccc(C(=O)O)c(O)c1. The monoisotopic (exact) mass is 250 g/mol. The summed E-state index contributed by atoms with van der Waals surface area (Å²) in [5.41, 5.74) is 0.352. The highest BCUT2D eigenvalue weighted by Crippen LogP contribution is 2.18. The zero-order valence-corrected chi connectivity index (χ0v) is 9.87. The average Bonchev–Trinajstić information content (AvgIpc) is 2.23. The molecule has 4 nitrogen and oxygen atoms in total. The largest absolute Gasteiger partial charge is 0.507 e. The first kappa shape index (κ1) is 13.1. The molecule has 5 heteroatoms. The summed E-state index contributed by atoms with van der Waals surface area (Å²) in [6.45, 7) is 1.46. The van der Waals surface area contributed by atoms with E-state index in [1.807, 2.05) is 0 Å². The summed E-state index contributed by atoms with van der Waals surface area (Å²) in [7, 11) is 0. The van der Waals surface area contributed by atoms with Gasteiger partial charge in [0.2, 0.25) is 0 Å². The van der Waals surface area contributed by atoms with Gasteiger partial charge in [-0.1, -0.05) is 23.6 Å². The van der Waals surface area contributed by atoms with E-state index in [2.05, 4.69) is 11.8 Å². The van der Waals surface area contributed by atoms with Crippen LogP contribution in [0, 0.1) is 11.8 Å². The number of carboxylic acids is 1. The van der Waals surface area contributed by atoms with Crippen molar-refractivity contribution in [1.82, 2.24) is 0 Å². The number of aromatic hydroxyl groups is 1. The first-order valence-electron chi connectivity index (χ1n) is 4.69. The molecule has 0 heterocycles. The Morgan fingerprint density at radius 1 is 1.41 bits per heavy atom. The lowest BCUT2D eigenvalue weighted by Crippen LogP contribution is -1.96. The van der Waals surface area contributed by atoms with Crippen LogP contribution in [0.15, 0.2) is 18.2 Å². The highest BCUT2D eigenvalue weighted by atomic mass is 32.2. The first-order valence-corrected chi connectivity index (χ1v) is 5.68.